The zero-order chi connectivity index (χ0) is 19.5. The number of rotatable bonds is 5. The summed E-state index contributed by atoms with van der Waals surface area (Å²) in [6, 6.07) is 5.96. The monoisotopic (exact) mass is 383 g/mol. The summed E-state index contributed by atoms with van der Waals surface area (Å²) >= 11 is 0. The normalized spacial score (nSPS) is 17.9. The Labute approximate surface area is 165 Å². The maximum Gasteiger partial charge on any atom is 0.254 e. The van der Waals surface area contributed by atoms with Crippen LogP contribution in [0.15, 0.2) is 23.0 Å². The first-order chi connectivity index (χ1) is 13.7. The summed E-state index contributed by atoms with van der Waals surface area (Å²) in [5, 5.41) is 0. The van der Waals surface area contributed by atoms with E-state index in [2.05, 4.69) is 9.88 Å². The number of ether oxygens (including phenoxy) is 2. The van der Waals surface area contributed by atoms with Crippen LogP contribution in [0.5, 0.6) is 11.5 Å². The van der Waals surface area contributed by atoms with Gasteiger partial charge in [0, 0.05) is 37.2 Å². The molecule has 1 aromatic heterocycles. The predicted molar refractivity (Wildman–Crippen MR) is 108 cm³/mol. The minimum absolute atomic E-state index is 0.0632. The Hall–Kier alpha value is -2.34. The average Bonchev–Trinajstić information content (AvgIpc) is 2.73. The molecule has 0 saturated heterocycles. The van der Waals surface area contributed by atoms with Gasteiger partial charge in [0.05, 0.1) is 19.9 Å². The molecule has 150 valence electrons. The fraction of sp³-hybridized carbons (Fsp3) is 0.545. The lowest BCUT2D eigenvalue weighted by Crippen LogP contribution is -2.35. The standard InChI is InChI=1S/C22H29N3O3/c1-27-17-10-15(11-18(12-17)28-2)13-25-9-8-19-20(14-25)23-21(24-22(19)26)16-6-4-3-5-7-16/h10-12,16H,3-9,13-14H2,1-2H3,(H,23,24,26). The van der Waals surface area contributed by atoms with Crippen molar-refractivity contribution < 1.29 is 9.47 Å². The summed E-state index contributed by atoms with van der Waals surface area (Å²) in [5.74, 6) is 2.89. The van der Waals surface area contributed by atoms with Gasteiger partial charge in [-0.25, -0.2) is 4.98 Å². The van der Waals surface area contributed by atoms with Gasteiger partial charge in [0.15, 0.2) is 0 Å². The predicted octanol–water partition coefficient (Wildman–Crippen LogP) is 3.39. The fourth-order valence-corrected chi connectivity index (χ4v) is 4.43. The molecule has 6 nitrogen and oxygen atoms in total. The Morgan fingerprint density at radius 3 is 2.50 bits per heavy atom. The molecule has 2 aromatic rings. The van der Waals surface area contributed by atoms with E-state index in [1.54, 1.807) is 14.2 Å². The maximum absolute atomic E-state index is 12.6. The fourth-order valence-electron chi connectivity index (χ4n) is 4.43. The minimum atomic E-state index is 0.0632. The summed E-state index contributed by atoms with van der Waals surface area (Å²) in [5.41, 5.74) is 3.01. The van der Waals surface area contributed by atoms with E-state index in [4.69, 9.17) is 14.5 Å². The van der Waals surface area contributed by atoms with E-state index >= 15 is 0 Å². The molecule has 28 heavy (non-hydrogen) atoms. The third kappa shape index (κ3) is 4.07. The van der Waals surface area contributed by atoms with Crippen molar-refractivity contribution in [3.63, 3.8) is 0 Å². The van der Waals surface area contributed by atoms with Crippen LogP contribution in [0.2, 0.25) is 0 Å². The van der Waals surface area contributed by atoms with Gasteiger partial charge in [-0.1, -0.05) is 19.3 Å². The lowest BCUT2D eigenvalue weighted by Gasteiger charge is -2.29. The zero-order valence-electron chi connectivity index (χ0n) is 16.8. The van der Waals surface area contributed by atoms with Gasteiger partial charge in [0.1, 0.15) is 17.3 Å². The number of benzene rings is 1. The maximum atomic E-state index is 12.6. The van der Waals surface area contributed by atoms with Crippen LogP contribution in [-0.2, 0) is 19.5 Å². The topological polar surface area (TPSA) is 67.5 Å². The molecule has 0 atom stereocenters. The first-order valence-electron chi connectivity index (χ1n) is 10.2. The van der Waals surface area contributed by atoms with Crippen molar-refractivity contribution in [1.82, 2.24) is 14.9 Å². The van der Waals surface area contributed by atoms with E-state index in [1.165, 1.54) is 19.3 Å². The summed E-state index contributed by atoms with van der Waals surface area (Å²) in [6.45, 7) is 2.33. The van der Waals surface area contributed by atoms with Gasteiger partial charge in [0.2, 0.25) is 0 Å². The molecule has 0 unspecified atom stereocenters. The molecular formula is C22H29N3O3. The van der Waals surface area contributed by atoms with E-state index in [0.29, 0.717) is 12.5 Å². The molecule has 1 aromatic carbocycles. The number of aromatic nitrogens is 2. The molecule has 1 saturated carbocycles. The number of aromatic amines is 1. The summed E-state index contributed by atoms with van der Waals surface area (Å²) in [6.07, 6.45) is 6.77. The van der Waals surface area contributed by atoms with Crippen molar-refractivity contribution in [2.24, 2.45) is 0 Å². The van der Waals surface area contributed by atoms with E-state index in [0.717, 1.165) is 66.5 Å². The number of H-pyrrole nitrogens is 1. The smallest absolute Gasteiger partial charge is 0.254 e. The average molecular weight is 383 g/mol. The third-order valence-corrected chi connectivity index (χ3v) is 5.98. The van der Waals surface area contributed by atoms with Crippen molar-refractivity contribution >= 4 is 0 Å². The highest BCUT2D eigenvalue weighted by molar-refractivity contribution is 5.38. The van der Waals surface area contributed by atoms with Crippen molar-refractivity contribution in [2.45, 2.75) is 57.5 Å². The van der Waals surface area contributed by atoms with E-state index in [9.17, 15) is 4.79 Å². The molecule has 2 heterocycles. The van der Waals surface area contributed by atoms with E-state index in [-0.39, 0.29) is 5.56 Å². The largest absolute Gasteiger partial charge is 0.497 e. The van der Waals surface area contributed by atoms with Crippen molar-refractivity contribution in [3.05, 3.63) is 51.2 Å². The van der Waals surface area contributed by atoms with Gasteiger partial charge in [-0.3, -0.25) is 9.69 Å². The lowest BCUT2D eigenvalue weighted by atomic mass is 9.88. The van der Waals surface area contributed by atoms with Gasteiger partial charge < -0.3 is 14.5 Å². The molecule has 4 rings (SSSR count). The Kier molecular flexibility index (Phi) is 5.67. The van der Waals surface area contributed by atoms with E-state index in [1.807, 2.05) is 18.2 Å². The van der Waals surface area contributed by atoms with Crippen molar-refractivity contribution in [1.29, 1.82) is 0 Å². The van der Waals surface area contributed by atoms with E-state index < -0.39 is 0 Å². The highest BCUT2D eigenvalue weighted by Crippen LogP contribution is 2.31. The minimum Gasteiger partial charge on any atom is -0.497 e. The first-order valence-corrected chi connectivity index (χ1v) is 10.2. The molecular weight excluding hydrogens is 354 g/mol. The lowest BCUT2D eigenvalue weighted by molar-refractivity contribution is 0.238. The highest BCUT2D eigenvalue weighted by Gasteiger charge is 2.24. The second-order valence-electron chi connectivity index (χ2n) is 7.89. The number of methoxy groups -OCH3 is 2. The second kappa shape index (κ2) is 8.35. The van der Waals surface area contributed by atoms with Crippen LogP contribution < -0.4 is 15.0 Å². The number of nitrogens with zero attached hydrogens (tertiary/aromatic N) is 2. The second-order valence-corrected chi connectivity index (χ2v) is 7.89. The summed E-state index contributed by atoms with van der Waals surface area (Å²) in [4.78, 5) is 22.9. The van der Waals surface area contributed by atoms with Crippen LogP contribution in [0.1, 0.15) is 60.7 Å². The third-order valence-electron chi connectivity index (χ3n) is 5.98. The molecule has 2 aliphatic rings. The molecule has 1 aliphatic carbocycles. The molecule has 6 heteroatoms. The van der Waals surface area contributed by atoms with Gasteiger partial charge in [0.25, 0.3) is 5.56 Å². The van der Waals surface area contributed by atoms with Crippen molar-refractivity contribution in [2.75, 3.05) is 20.8 Å². The van der Waals surface area contributed by atoms with Crippen LogP contribution in [0.25, 0.3) is 0 Å². The Morgan fingerprint density at radius 1 is 1.11 bits per heavy atom. The number of nitrogens with one attached hydrogen (secondary N) is 1. The molecule has 1 N–H and O–H groups in total. The van der Waals surface area contributed by atoms with Gasteiger partial charge >= 0.3 is 0 Å². The summed E-state index contributed by atoms with van der Waals surface area (Å²) < 4.78 is 10.8. The van der Waals surface area contributed by atoms with Gasteiger partial charge in [-0.2, -0.15) is 0 Å². The zero-order valence-corrected chi connectivity index (χ0v) is 16.8. The van der Waals surface area contributed by atoms with Crippen LogP contribution in [-0.4, -0.2) is 35.6 Å². The molecule has 1 fully saturated rings. The Morgan fingerprint density at radius 2 is 1.82 bits per heavy atom. The van der Waals surface area contributed by atoms with Crippen LogP contribution >= 0.6 is 0 Å². The van der Waals surface area contributed by atoms with Gasteiger partial charge in [-0.15, -0.1) is 0 Å². The Bertz CT molecular complexity index is 865. The molecule has 0 spiro atoms. The SMILES string of the molecule is COc1cc(CN2CCc3c(nc(C4CCCCC4)[nH]c3=O)C2)cc(OC)c1. The van der Waals surface area contributed by atoms with Crippen LogP contribution in [0.4, 0.5) is 0 Å². The van der Waals surface area contributed by atoms with Gasteiger partial charge in [-0.05, 0) is 37.0 Å². The Balaban J connectivity index is 1.54. The highest BCUT2D eigenvalue weighted by atomic mass is 16.5. The molecule has 0 bridgehead atoms. The first kappa shape index (κ1) is 19.0. The van der Waals surface area contributed by atoms with Crippen LogP contribution in [0, 0.1) is 0 Å². The molecule has 1 aliphatic heterocycles. The summed E-state index contributed by atoms with van der Waals surface area (Å²) in [7, 11) is 3.33. The number of hydrogen-bond acceptors (Lipinski definition) is 5. The quantitative estimate of drug-likeness (QED) is 0.857. The molecule has 0 radical (unpaired) electrons. The van der Waals surface area contributed by atoms with Crippen LogP contribution in [0.3, 0.4) is 0 Å². The number of fused-ring (bicyclic) bond motifs is 1. The molecule has 0 amide bonds. The number of hydrogen-bond donors (Lipinski definition) is 1. The van der Waals surface area contributed by atoms with Crippen molar-refractivity contribution in [3.8, 4) is 11.5 Å².